The summed E-state index contributed by atoms with van der Waals surface area (Å²) in [7, 11) is 1.38. The Morgan fingerprint density at radius 2 is 0.667 bits per heavy atom. The molecule has 0 spiro atoms. The van der Waals surface area contributed by atoms with Gasteiger partial charge in [-0.3, -0.25) is 66.7 Å². The van der Waals surface area contributed by atoms with Crippen LogP contribution in [-0.2, 0) is 78.2 Å². The van der Waals surface area contributed by atoms with Crippen LogP contribution in [0.4, 0.5) is 0 Å². The fourth-order valence-electron chi connectivity index (χ4n) is 16.1. The van der Waals surface area contributed by atoms with E-state index in [4.69, 9.17) is 66.7 Å². The van der Waals surface area contributed by atoms with E-state index < -0.39 is 197 Å². The van der Waals surface area contributed by atoms with Crippen LogP contribution in [0.5, 0.6) is 0 Å². The molecule has 6 unspecified atom stereocenters. The highest BCUT2D eigenvalue weighted by Gasteiger charge is 2.48. The van der Waals surface area contributed by atoms with Gasteiger partial charge in [0.25, 0.3) is 16.7 Å². The average Bonchev–Trinajstić information content (AvgIpc) is 1.59. The van der Waals surface area contributed by atoms with Crippen molar-refractivity contribution in [3.8, 4) is 0 Å². The van der Waals surface area contributed by atoms with Gasteiger partial charge >= 0.3 is 76.2 Å². The number of allylic oxidation sites excluding steroid dienone is 1. The Balaban J connectivity index is 0.000000150. The van der Waals surface area contributed by atoms with Gasteiger partial charge in [-0.25, -0.2) is 62.3 Å². The smallest absolute Gasteiger partial charge is 0.350 e. The molecule has 10 heterocycles. The second kappa shape index (κ2) is 51.7. The molecule has 1 amide bonds. The zero-order valence-electron chi connectivity index (χ0n) is 80.2. The second-order valence-corrected chi connectivity index (χ2v) is 36.7. The summed E-state index contributed by atoms with van der Waals surface area (Å²) in [6.07, 6.45) is -4.43. The number of rotatable bonds is 26. The SMILES string of the molecule is CC1=CN([C@@H]2CC(OC(=O)c3ccccc3)[C@H](COC(=O)c3ccccc3)O2)C(=O)C(C)C1=O.Cc1cn([C@@H]2CC(O)[C@H](CO)O2)c(=O)[nH]c1=O.Cn1c(=O)c(I)cn([C@@H]2CC(OC(=O)c3ccccc3)[C@H](COC(=O)c3ccccc3)O2)c1=O.O=C(OC[C@@H]1O[C@H](n2cc(I)c(=O)[nH]c2=O)CC1OC(=O)c1ccccc1)c1ccccc1.O=C(OC[C@@H]1O[C@H](n2cnc(=O)[nH]c2=O)CC1OC(=O)c1ccccc1)c1ccccc1. The van der Waals surface area contributed by atoms with E-state index in [1.54, 1.807) is 263 Å². The van der Waals surface area contributed by atoms with Gasteiger partial charge in [0, 0.05) is 75.1 Å². The number of ketones is 1. The minimum absolute atomic E-state index is 0.0970. The molecule has 5 saturated heterocycles. The van der Waals surface area contributed by atoms with Crippen LogP contribution in [0.25, 0.3) is 0 Å². The highest BCUT2D eigenvalue weighted by atomic mass is 127. The first kappa shape index (κ1) is 110. The van der Waals surface area contributed by atoms with Crippen molar-refractivity contribution in [1.82, 2.24) is 47.7 Å². The molecule has 8 aromatic carbocycles. The molecule has 0 radical (unpaired) electrons. The zero-order valence-corrected chi connectivity index (χ0v) is 84.5. The molecule has 18 rings (SSSR count). The maximum Gasteiger partial charge on any atom is 0.350 e. The molecule has 5 N–H and O–H groups in total. The third-order valence-corrected chi connectivity index (χ3v) is 25.6. The average molecular weight is 2280 g/mol. The summed E-state index contributed by atoms with van der Waals surface area (Å²) in [5.41, 5.74) is -0.924. The first-order valence-electron chi connectivity index (χ1n) is 46.7. The summed E-state index contributed by atoms with van der Waals surface area (Å²) in [4.78, 5) is 231. The van der Waals surface area contributed by atoms with Crippen molar-refractivity contribution in [2.75, 3.05) is 33.0 Å². The number of hydrogen-bond acceptors (Lipinski definition) is 34. The zero-order chi connectivity index (χ0) is 107. The normalized spacial score (nSPS) is 21.8. The highest BCUT2D eigenvalue weighted by molar-refractivity contribution is 14.1. The number of Topliss-reactive ketones (excluding diaryl/α,β-unsaturated/α-hetero) is 1. The van der Waals surface area contributed by atoms with Gasteiger partial charge in [-0.05, 0) is 163 Å². The number of aryl methyl sites for hydroxylation is 1. The Kier molecular flexibility index (Phi) is 37.9. The van der Waals surface area contributed by atoms with Crippen molar-refractivity contribution < 1.29 is 120 Å². The summed E-state index contributed by atoms with van der Waals surface area (Å²) in [6.45, 7) is 3.70. The Hall–Kier alpha value is -15.8. The van der Waals surface area contributed by atoms with Gasteiger partial charge in [-0.1, -0.05) is 146 Å². The molecule has 5 fully saturated rings. The van der Waals surface area contributed by atoms with Crippen LogP contribution in [0, 0.1) is 20.0 Å². The predicted octanol–water partition coefficient (Wildman–Crippen LogP) is 7.96. The number of H-pyrrole nitrogens is 3. The third-order valence-electron chi connectivity index (χ3n) is 24.1. The predicted molar refractivity (Wildman–Crippen MR) is 543 cm³/mol. The number of hydrogen-bond donors (Lipinski definition) is 5. The number of nitrogens with zero attached hydrogens (tertiary/aromatic N) is 7. The Morgan fingerprint density at radius 3 is 1.01 bits per heavy atom. The Morgan fingerprint density at radius 1 is 0.373 bits per heavy atom. The number of aliphatic hydroxyl groups is 2. The molecule has 150 heavy (non-hydrogen) atoms. The number of ether oxygens (including phenoxy) is 13. The molecular formula is C105H98I2N10O33. The van der Waals surface area contributed by atoms with Crippen molar-refractivity contribution in [2.45, 2.75) is 145 Å². The van der Waals surface area contributed by atoms with Crippen LogP contribution in [0.3, 0.4) is 0 Å². The standard InChI is InChI=1S/C26H25NO7.C24H21IN2O7.C23H19IN2O7.C22H19N3O7.C10H14N2O5/c1-16-14-27(24(29)17(2)23(16)28)22-13-20(34-26(31)19-11-7-4-8-12-19)21(33-22)15-32-25(30)18-9-5-3-6-10-18;1-26-21(28)17(25)13-27(24(26)31)20-12-18(34-23(30)16-10-6-3-7-11-16)19(33-20)14-32-22(29)15-8-4-2-5-9-15;24-16-12-26(23(30)25-20(16)27)19-11-17(33-22(29)15-9-5-2-6-10-15)18(32-19)13-31-21(28)14-7-3-1-4-8-14;26-19(14-7-3-1-4-8-14)30-12-17-16(32-20(27)15-9-5-2-6-10-15)11-18(31-17)25-13-23-21(28)24-22(25)29;1-5-3-12(10(16)11-9(5)15)8-2-6(14)7(4-13)17-8/h3-12,14,17,20-22H,13,15H2,1-2H3;2-11,13,18-20H,12,14H2,1H3;1-10,12,17-19H,11,13H2,(H,25,27,30);1-10,13,16-18H,11-12H2,(H,24,28,29);3,6-8,13-14H,2,4H2,1H3,(H,11,15,16)/t17?,20?,21-,22-;18?,19-,20-;17?,18-,19-;16?,17-,18-;6?,7-,8-/m00000/s1. The molecule has 43 nitrogen and oxygen atoms in total. The summed E-state index contributed by atoms with van der Waals surface area (Å²) in [5, 5.41) is 18.5. The number of carbonyl (C=O) groups is 10. The summed E-state index contributed by atoms with van der Waals surface area (Å²) < 4.78 is 79.8. The van der Waals surface area contributed by atoms with Gasteiger partial charge in [0.05, 0.1) is 70.3 Å². The van der Waals surface area contributed by atoms with Gasteiger partial charge in [-0.2, -0.15) is 4.98 Å². The molecule has 6 aliphatic heterocycles. The number of benzene rings is 8. The van der Waals surface area contributed by atoms with Crippen molar-refractivity contribution in [3.05, 3.63) is 420 Å². The lowest BCUT2D eigenvalue weighted by Crippen LogP contribution is -2.45. The van der Waals surface area contributed by atoms with E-state index in [2.05, 4.69) is 19.9 Å². The van der Waals surface area contributed by atoms with Gasteiger partial charge < -0.3 is 71.8 Å². The molecule has 6 aliphatic rings. The summed E-state index contributed by atoms with van der Waals surface area (Å²) in [6, 6.07) is 67.6. The maximum absolute atomic E-state index is 12.8. The molecule has 4 aromatic heterocycles. The van der Waals surface area contributed by atoms with E-state index in [0.29, 0.717) is 62.8 Å². The van der Waals surface area contributed by atoms with Crippen molar-refractivity contribution in [1.29, 1.82) is 0 Å². The van der Waals surface area contributed by atoms with E-state index in [-0.39, 0.29) is 70.9 Å². The summed E-state index contributed by atoms with van der Waals surface area (Å²) in [5.74, 6) is -5.89. The number of aliphatic hydroxyl groups excluding tert-OH is 2. The van der Waals surface area contributed by atoms with E-state index in [9.17, 15) is 91.4 Å². The number of carbonyl (C=O) groups excluding carboxylic acids is 10. The summed E-state index contributed by atoms with van der Waals surface area (Å²) >= 11 is 3.65. The van der Waals surface area contributed by atoms with Crippen LogP contribution in [0.15, 0.2) is 318 Å². The minimum Gasteiger partial charge on any atom is -0.459 e. The third kappa shape index (κ3) is 28.4. The number of aromatic nitrogens is 9. The highest BCUT2D eigenvalue weighted by Crippen LogP contribution is 2.37. The molecule has 0 aliphatic carbocycles. The van der Waals surface area contributed by atoms with Gasteiger partial charge in [0.15, 0.2) is 5.78 Å². The quantitative estimate of drug-likeness (QED) is 0.0148. The molecular weight excluding hydrogens is 2180 g/mol. The van der Waals surface area contributed by atoms with E-state index >= 15 is 0 Å². The van der Waals surface area contributed by atoms with E-state index in [1.165, 1.54) is 50.4 Å². The van der Waals surface area contributed by atoms with E-state index in [0.717, 1.165) is 15.5 Å². The number of halogens is 2. The molecule has 16 atom stereocenters. The van der Waals surface area contributed by atoms with Gasteiger partial charge in [0.2, 0.25) is 5.91 Å². The molecule has 12 aromatic rings. The number of nitrogens with one attached hydrogen (secondary N) is 3. The fraction of sp³-hybridized carbons (Fsp3) is 0.286. The van der Waals surface area contributed by atoms with Crippen LogP contribution in [-0.4, -0.2) is 218 Å². The molecule has 0 bridgehead atoms. The van der Waals surface area contributed by atoms with Crippen molar-refractivity contribution >= 4 is 105 Å². The lowest BCUT2D eigenvalue weighted by Gasteiger charge is -2.31. The van der Waals surface area contributed by atoms with Crippen molar-refractivity contribution in [3.63, 3.8) is 0 Å². The lowest BCUT2D eigenvalue weighted by atomic mass is 9.95. The largest absolute Gasteiger partial charge is 0.459 e. The number of aromatic amines is 3. The van der Waals surface area contributed by atoms with Gasteiger partial charge in [0.1, 0.15) is 119 Å². The van der Waals surface area contributed by atoms with E-state index in [1.807, 2.05) is 45.2 Å². The first-order chi connectivity index (χ1) is 72.1. The Bertz CT molecular complexity index is 7390. The van der Waals surface area contributed by atoms with Crippen LogP contribution in [0.1, 0.15) is 159 Å². The maximum atomic E-state index is 12.8. The van der Waals surface area contributed by atoms with Crippen LogP contribution < -0.4 is 45.1 Å². The first-order valence-corrected chi connectivity index (χ1v) is 48.8. The topological polar surface area (TPSA) is 556 Å². The Labute approximate surface area is 877 Å². The fourth-order valence-corrected chi connectivity index (χ4v) is 17.2. The van der Waals surface area contributed by atoms with Crippen LogP contribution >= 0.6 is 45.2 Å². The van der Waals surface area contributed by atoms with Gasteiger partial charge in [-0.15, -0.1) is 0 Å². The second-order valence-electron chi connectivity index (χ2n) is 34.4. The molecule has 0 saturated carbocycles. The monoisotopic (exact) mass is 2280 g/mol. The number of amides is 1. The molecule has 780 valence electrons. The number of esters is 8. The van der Waals surface area contributed by atoms with Crippen molar-refractivity contribution in [2.24, 2.45) is 13.0 Å². The minimum atomic E-state index is -0.874. The lowest BCUT2D eigenvalue weighted by molar-refractivity contribution is -0.149. The van der Waals surface area contributed by atoms with Crippen LogP contribution in [0.2, 0.25) is 0 Å². The molecule has 45 heteroatoms.